The number of benzene rings is 2. The molecule has 3 atom stereocenters. The maximum absolute atomic E-state index is 12.9. The third-order valence-electron chi connectivity index (χ3n) is 6.77. The van der Waals surface area contributed by atoms with Crippen LogP contribution in [0.4, 0.5) is 20.3 Å². The summed E-state index contributed by atoms with van der Waals surface area (Å²) in [5.74, 6) is 0.751. The second kappa shape index (κ2) is 10.9. The maximum Gasteiger partial charge on any atom is 0.268 e. The Hall–Kier alpha value is -4.03. The molecule has 0 amide bonds. The van der Waals surface area contributed by atoms with Crippen LogP contribution in [0.5, 0.6) is 5.88 Å². The number of pyridine rings is 1. The van der Waals surface area contributed by atoms with Crippen molar-refractivity contribution in [1.82, 2.24) is 14.8 Å². The van der Waals surface area contributed by atoms with Crippen LogP contribution in [0, 0.1) is 17.2 Å². The van der Waals surface area contributed by atoms with Gasteiger partial charge in [0.1, 0.15) is 18.1 Å². The Bertz CT molecular complexity index is 1390. The number of rotatable bonds is 8. The molecule has 1 saturated carbocycles. The molecule has 2 aromatic heterocycles. The zero-order valence-corrected chi connectivity index (χ0v) is 20.1. The fourth-order valence-corrected chi connectivity index (χ4v) is 4.83. The molecule has 1 aliphatic rings. The van der Waals surface area contributed by atoms with Crippen LogP contribution < -0.4 is 10.1 Å². The minimum Gasteiger partial charge on any atom is -0.472 e. The van der Waals surface area contributed by atoms with E-state index in [-0.39, 0.29) is 17.5 Å². The SMILES string of the molecule is N#C[C@H]1CCCC[C@@H]1n1nc(Nc2ccc(C(O)C(F)F)cc2)c2c(OCc3ccccc3)nccc21. The number of ether oxygens (including phenoxy) is 1. The molecule has 1 unspecified atom stereocenters. The summed E-state index contributed by atoms with van der Waals surface area (Å²) in [5.41, 5.74) is 2.53. The Morgan fingerprint density at radius 1 is 1.08 bits per heavy atom. The van der Waals surface area contributed by atoms with Crippen LogP contribution >= 0.6 is 0 Å². The first-order valence-corrected chi connectivity index (χ1v) is 12.3. The monoisotopic (exact) mass is 503 g/mol. The Balaban J connectivity index is 1.53. The van der Waals surface area contributed by atoms with Gasteiger partial charge >= 0.3 is 0 Å². The molecule has 0 spiro atoms. The van der Waals surface area contributed by atoms with E-state index in [4.69, 9.17) is 9.84 Å². The van der Waals surface area contributed by atoms with Gasteiger partial charge < -0.3 is 15.2 Å². The quantitative estimate of drug-likeness (QED) is 0.293. The van der Waals surface area contributed by atoms with Crippen molar-refractivity contribution in [2.24, 2.45) is 5.92 Å². The minimum atomic E-state index is -2.86. The van der Waals surface area contributed by atoms with Crippen molar-refractivity contribution >= 4 is 22.4 Å². The Kier molecular flexibility index (Phi) is 7.28. The first-order chi connectivity index (χ1) is 18.0. The van der Waals surface area contributed by atoms with Gasteiger partial charge in [-0.3, -0.25) is 4.68 Å². The van der Waals surface area contributed by atoms with E-state index in [0.717, 1.165) is 36.8 Å². The normalized spacial score (nSPS) is 18.5. The fraction of sp³-hybridized carbons (Fsp3) is 0.321. The summed E-state index contributed by atoms with van der Waals surface area (Å²) in [6.07, 6.45) is 0.670. The van der Waals surface area contributed by atoms with Crippen LogP contribution in [0.2, 0.25) is 0 Å². The lowest BCUT2D eigenvalue weighted by molar-refractivity contribution is -0.00577. The Labute approximate surface area is 213 Å². The summed E-state index contributed by atoms with van der Waals surface area (Å²) in [7, 11) is 0. The van der Waals surface area contributed by atoms with Crippen LogP contribution in [0.25, 0.3) is 10.9 Å². The molecule has 1 aliphatic carbocycles. The summed E-state index contributed by atoms with van der Waals surface area (Å²) in [5, 5.41) is 28.3. The number of hydrogen-bond donors (Lipinski definition) is 2. The Morgan fingerprint density at radius 3 is 2.57 bits per heavy atom. The number of hydrogen-bond acceptors (Lipinski definition) is 6. The van der Waals surface area contributed by atoms with Crippen molar-refractivity contribution < 1.29 is 18.6 Å². The molecule has 1 fully saturated rings. The van der Waals surface area contributed by atoms with Gasteiger partial charge in [-0.25, -0.2) is 13.8 Å². The molecule has 9 heteroatoms. The first-order valence-electron chi connectivity index (χ1n) is 12.3. The largest absolute Gasteiger partial charge is 0.472 e. The van der Waals surface area contributed by atoms with Crippen molar-refractivity contribution in [1.29, 1.82) is 5.26 Å². The number of aliphatic hydroxyl groups is 1. The van der Waals surface area contributed by atoms with Crippen molar-refractivity contribution in [3.63, 3.8) is 0 Å². The third-order valence-corrected chi connectivity index (χ3v) is 6.77. The fourth-order valence-electron chi connectivity index (χ4n) is 4.83. The highest BCUT2D eigenvalue weighted by molar-refractivity contribution is 5.96. The summed E-state index contributed by atoms with van der Waals surface area (Å²) in [6, 6.07) is 20.1. The van der Waals surface area contributed by atoms with E-state index < -0.39 is 12.5 Å². The molecule has 37 heavy (non-hydrogen) atoms. The molecule has 2 heterocycles. The van der Waals surface area contributed by atoms with Gasteiger partial charge in [0.25, 0.3) is 6.43 Å². The molecule has 0 bridgehead atoms. The van der Waals surface area contributed by atoms with Crippen LogP contribution in [0.1, 0.15) is 49.0 Å². The number of alkyl halides is 2. The number of fused-ring (bicyclic) bond motifs is 1. The van der Waals surface area contributed by atoms with Crippen LogP contribution in [-0.2, 0) is 6.61 Å². The van der Waals surface area contributed by atoms with Crippen molar-refractivity contribution in [2.45, 2.75) is 50.9 Å². The molecule has 2 N–H and O–H groups in total. The van der Waals surface area contributed by atoms with Gasteiger partial charge in [-0.15, -0.1) is 0 Å². The van der Waals surface area contributed by atoms with E-state index in [0.29, 0.717) is 29.4 Å². The number of nitriles is 1. The number of aromatic nitrogens is 3. The summed E-state index contributed by atoms with van der Waals surface area (Å²) >= 11 is 0. The second-order valence-corrected chi connectivity index (χ2v) is 9.19. The molecule has 0 radical (unpaired) electrons. The van der Waals surface area contributed by atoms with Crippen molar-refractivity contribution in [3.05, 3.63) is 78.0 Å². The zero-order chi connectivity index (χ0) is 25.8. The highest BCUT2D eigenvalue weighted by atomic mass is 19.3. The number of halogens is 2. The molecule has 0 saturated heterocycles. The number of aliphatic hydroxyl groups excluding tert-OH is 1. The predicted octanol–water partition coefficient (Wildman–Crippen LogP) is 6.31. The average Bonchev–Trinajstić information content (AvgIpc) is 3.31. The molecule has 5 rings (SSSR count). The lowest BCUT2D eigenvalue weighted by Crippen LogP contribution is -2.23. The molecular weight excluding hydrogens is 476 g/mol. The van der Waals surface area contributed by atoms with Gasteiger partial charge in [0, 0.05) is 11.9 Å². The van der Waals surface area contributed by atoms with E-state index >= 15 is 0 Å². The smallest absolute Gasteiger partial charge is 0.268 e. The van der Waals surface area contributed by atoms with E-state index in [1.54, 1.807) is 18.3 Å². The highest BCUT2D eigenvalue weighted by Crippen LogP contribution is 2.40. The first kappa shape index (κ1) is 24.7. The van der Waals surface area contributed by atoms with Crippen molar-refractivity contribution in [2.75, 3.05) is 5.32 Å². The molecule has 2 aromatic carbocycles. The average molecular weight is 504 g/mol. The molecule has 0 aliphatic heterocycles. The number of nitrogens with zero attached hydrogens (tertiary/aromatic N) is 4. The predicted molar refractivity (Wildman–Crippen MR) is 136 cm³/mol. The third kappa shape index (κ3) is 5.25. The van der Waals surface area contributed by atoms with E-state index in [1.165, 1.54) is 12.1 Å². The van der Waals surface area contributed by atoms with E-state index in [1.807, 2.05) is 41.1 Å². The second-order valence-electron chi connectivity index (χ2n) is 9.19. The van der Waals surface area contributed by atoms with E-state index in [2.05, 4.69) is 16.4 Å². The zero-order valence-electron chi connectivity index (χ0n) is 20.1. The number of nitrogens with one attached hydrogen (secondary N) is 1. The van der Waals surface area contributed by atoms with Crippen molar-refractivity contribution in [3.8, 4) is 11.9 Å². The summed E-state index contributed by atoms with van der Waals surface area (Å²) in [6.45, 7) is 0.321. The lowest BCUT2D eigenvalue weighted by atomic mass is 9.85. The summed E-state index contributed by atoms with van der Waals surface area (Å²) in [4.78, 5) is 4.48. The standard InChI is InChI=1S/C28H27F2N5O2/c29-26(30)25(36)19-10-12-21(13-11-19)33-27-24-23(35(34-27)22-9-5-4-8-20(22)16-31)14-15-32-28(24)37-17-18-6-2-1-3-7-18/h1-3,6-7,10-15,20,22,25-26,36H,4-5,8-9,17H2,(H,33,34)/t20-,22+,25?/m1/s1. The molecule has 190 valence electrons. The minimum absolute atomic E-state index is 0.0789. The Morgan fingerprint density at radius 2 is 1.84 bits per heavy atom. The topological polar surface area (TPSA) is 96.0 Å². The lowest BCUT2D eigenvalue weighted by Gasteiger charge is -2.27. The van der Waals surface area contributed by atoms with Gasteiger partial charge in [-0.1, -0.05) is 55.3 Å². The molecule has 7 nitrogen and oxygen atoms in total. The van der Waals surface area contributed by atoms with Crippen LogP contribution in [0.15, 0.2) is 66.9 Å². The van der Waals surface area contributed by atoms with Gasteiger partial charge in [0.05, 0.1) is 23.5 Å². The van der Waals surface area contributed by atoms with Gasteiger partial charge in [0.15, 0.2) is 5.82 Å². The maximum atomic E-state index is 12.9. The highest BCUT2D eigenvalue weighted by Gasteiger charge is 2.30. The van der Waals surface area contributed by atoms with Crippen LogP contribution in [0.3, 0.4) is 0 Å². The van der Waals surface area contributed by atoms with Gasteiger partial charge in [-0.2, -0.15) is 10.4 Å². The molecule has 4 aromatic rings. The van der Waals surface area contributed by atoms with E-state index in [9.17, 15) is 19.1 Å². The van der Waals surface area contributed by atoms with Gasteiger partial charge in [0.2, 0.25) is 5.88 Å². The number of anilines is 2. The summed E-state index contributed by atoms with van der Waals surface area (Å²) < 4.78 is 33.8. The van der Waals surface area contributed by atoms with Crippen LogP contribution in [-0.4, -0.2) is 26.3 Å². The van der Waals surface area contributed by atoms with Gasteiger partial charge in [-0.05, 0) is 42.2 Å². The molecular formula is C28H27F2N5O2.